The minimum absolute atomic E-state index is 0.172. The molecule has 0 saturated heterocycles. The quantitative estimate of drug-likeness (QED) is 0.836. The fraction of sp³-hybridized carbons (Fsp3) is 0.364. The minimum atomic E-state index is -0.942. The second-order valence-electron chi connectivity index (χ2n) is 4.03. The van der Waals surface area contributed by atoms with Crippen molar-refractivity contribution in [2.75, 3.05) is 0 Å². The van der Waals surface area contributed by atoms with E-state index in [0.29, 0.717) is 11.0 Å². The second-order valence-corrected chi connectivity index (χ2v) is 4.03. The molecular weight excluding hydrogens is 206 g/mol. The molecule has 2 rings (SSSR count). The summed E-state index contributed by atoms with van der Waals surface area (Å²) < 4.78 is 1.62. The number of carbonyl (C=O) groups is 1. The van der Waals surface area contributed by atoms with Crippen molar-refractivity contribution in [1.29, 1.82) is 0 Å². The second kappa shape index (κ2) is 3.59. The van der Waals surface area contributed by atoms with Crippen LogP contribution in [0.25, 0.3) is 11.0 Å². The third-order valence-electron chi connectivity index (χ3n) is 2.53. The maximum atomic E-state index is 11.1. The summed E-state index contributed by atoms with van der Waals surface area (Å²) in [5.74, 6) is -0.770. The van der Waals surface area contributed by atoms with Gasteiger partial charge in [0, 0.05) is 13.2 Å². The van der Waals surface area contributed by atoms with Gasteiger partial charge in [-0.25, -0.2) is 9.78 Å². The minimum Gasteiger partial charge on any atom is -0.478 e. The zero-order valence-electron chi connectivity index (χ0n) is 9.43. The number of nitrogens with zero attached hydrogens (tertiary/aromatic N) is 3. The number of pyridine rings is 1. The first kappa shape index (κ1) is 10.6. The van der Waals surface area contributed by atoms with E-state index in [1.54, 1.807) is 11.7 Å². The van der Waals surface area contributed by atoms with Crippen molar-refractivity contribution >= 4 is 17.0 Å². The van der Waals surface area contributed by atoms with Gasteiger partial charge < -0.3 is 5.11 Å². The Kier molecular flexibility index (Phi) is 2.38. The summed E-state index contributed by atoms with van der Waals surface area (Å²) in [4.78, 5) is 15.3. The highest BCUT2D eigenvalue weighted by atomic mass is 16.4. The molecule has 84 valence electrons. The predicted molar refractivity (Wildman–Crippen MR) is 59.6 cm³/mol. The summed E-state index contributed by atoms with van der Waals surface area (Å²) in [6.45, 7) is 3.97. The van der Waals surface area contributed by atoms with Gasteiger partial charge in [-0.15, -0.1) is 0 Å². The lowest BCUT2D eigenvalue weighted by molar-refractivity contribution is 0.0699. The molecule has 2 aromatic heterocycles. The van der Waals surface area contributed by atoms with Crippen LogP contribution < -0.4 is 0 Å². The lowest BCUT2D eigenvalue weighted by atomic mass is 10.0. The fourth-order valence-electron chi connectivity index (χ4n) is 1.79. The molecule has 5 nitrogen and oxygen atoms in total. The molecule has 0 fully saturated rings. The SMILES string of the molecule is CC(C)c1nn(C)c2nccc(C(=O)O)c12. The van der Waals surface area contributed by atoms with E-state index in [0.717, 1.165) is 5.69 Å². The molecule has 0 spiro atoms. The molecule has 0 saturated carbocycles. The number of aryl methyl sites for hydroxylation is 1. The van der Waals surface area contributed by atoms with E-state index in [1.165, 1.54) is 12.3 Å². The maximum absolute atomic E-state index is 11.1. The van der Waals surface area contributed by atoms with Gasteiger partial charge in [-0.2, -0.15) is 5.10 Å². The summed E-state index contributed by atoms with van der Waals surface area (Å²) in [5, 5.41) is 14.1. The van der Waals surface area contributed by atoms with E-state index in [-0.39, 0.29) is 11.5 Å². The van der Waals surface area contributed by atoms with Crippen LogP contribution in [0.15, 0.2) is 12.3 Å². The highest BCUT2D eigenvalue weighted by Crippen LogP contribution is 2.26. The smallest absolute Gasteiger partial charge is 0.336 e. The van der Waals surface area contributed by atoms with E-state index in [1.807, 2.05) is 13.8 Å². The molecule has 0 radical (unpaired) electrons. The maximum Gasteiger partial charge on any atom is 0.336 e. The van der Waals surface area contributed by atoms with Crippen LogP contribution in [0.4, 0.5) is 0 Å². The Labute approximate surface area is 92.7 Å². The Bertz CT molecular complexity index is 558. The predicted octanol–water partition coefficient (Wildman–Crippen LogP) is 1.79. The number of hydrogen-bond donors (Lipinski definition) is 1. The normalized spacial score (nSPS) is 11.2. The molecule has 2 heterocycles. The zero-order valence-corrected chi connectivity index (χ0v) is 9.43. The summed E-state index contributed by atoms with van der Waals surface area (Å²) in [6, 6.07) is 1.51. The molecule has 0 amide bonds. The molecule has 1 N–H and O–H groups in total. The number of hydrogen-bond acceptors (Lipinski definition) is 3. The van der Waals surface area contributed by atoms with Gasteiger partial charge in [0.15, 0.2) is 5.65 Å². The first-order valence-electron chi connectivity index (χ1n) is 5.07. The molecule has 0 aliphatic carbocycles. The summed E-state index contributed by atoms with van der Waals surface area (Å²) >= 11 is 0. The molecule has 0 atom stereocenters. The van der Waals surface area contributed by atoms with Crippen LogP contribution >= 0.6 is 0 Å². The Morgan fingerprint density at radius 3 is 2.75 bits per heavy atom. The van der Waals surface area contributed by atoms with Gasteiger partial charge in [-0.1, -0.05) is 13.8 Å². The molecule has 0 unspecified atom stereocenters. The molecule has 0 aliphatic rings. The van der Waals surface area contributed by atoms with Crippen molar-refractivity contribution in [3.8, 4) is 0 Å². The van der Waals surface area contributed by atoms with Crippen LogP contribution in [-0.4, -0.2) is 25.8 Å². The van der Waals surface area contributed by atoms with Gasteiger partial charge in [-0.05, 0) is 12.0 Å². The molecule has 0 aliphatic heterocycles. The molecule has 0 aromatic carbocycles. The summed E-state index contributed by atoms with van der Waals surface area (Å²) in [7, 11) is 1.77. The summed E-state index contributed by atoms with van der Waals surface area (Å²) in [5.41, 5.74) is 1.66. The van der Waals surface area contributed by atoms with Crippen molar-refractivity contribution in [3.63, 3.8) is 0 Å². The number of fused-ring (bicyclic) bond motifs is 1. The van der Waals surface area contributed by atoms with E-state index >= 15 is 0 Å². The standard InChI is InChI=1S/C11H13N3O2/c1-6(2)9-8-7(11(15)16)4-5-12-10(8)14(3)13-9/h4-6H,1-3H3,(H,15,16). The highest BCUT2D eigenvalue weighted by Gasteiger charge is 2.19. The lowest BCUT2D eigenvalue weighted by Gasteiger charge is -2.02. The first-order chi connectivity index (χ1) is 7.52. The van der Waals surface area contributed by atoms with Gasteiger partial charge in [0.25, 0.3) is 0 Å². The van der Waals surface area contributed by atoms with Crippen LogP contribution in [0.3, 0.4) is 0 Å². The third-order valence-corrected chi connectivity index (χ3v) is 2.53. The average molecular weight is 219 g/mol. The highest BCUT2D eigenvalue weighted by molar-refractivity contribution is 6.02. The van der Waals surface area contributed by atoms with Crippen LogP contribution in [0, 0.1) is 0 Å². The Morgan fingerprint density at radius 1 is 1.50 bits per heavy atom. The van der Waals surface area contributed by atoms with Crippen LogP contribution in [0.2, 0.25) is 0 Å². The van der Waals surface area contributed by atoms with Gasteiger partial charge >= 0.3 is 5.97 Å². The Balaban J connectivity index is 2.88. The lowest BCUT2D eigenvalue weighted by Crippen LogP contribution is -2.00. The largest absolute Gasteiger partial charge is 0.478 e. The van der Waals surface area contributed by atoms with E-state index in [2.05, 4.69) is 10.1 Å². The first-order valence-corrected chi connectivity index (χ1v) is 5.07. The average Bonchev–Trinajstić information content (AvgIpc) is 2.56. The van der Waals surface area contributed by atoms with Crippen LogP contribution in [0.1, 0.15) is 35.8 Å². The van der Waals surface area contributed by atoms with Gasteiger partial charge in [0.1, 0.15) is 0 Å². The van der Waals surface area contributed by atoms with Crippen LogP contribution in [-0.2, 0) is 7.05 Å². The number of rotatable bonds is 2. The van der Waals surface area contributed by atoms with Gasteiger partial charge in [0.05, 0.1) is 16.6 Å². The number of carboxylic acid groups (broad SMARTS) is 1. The van der Waals surface area contributed by atoms with Crippen molar-refractivity contribution in [1.82, 2.24) is 14.8 Å². The molecule has 0 bridgehead atoms. The van der Waals surface area contributed by atoms with Crippen LogP contribution in [0.5, 0.6) is 0 Å². The molecule has 16 heavy (non-hydrogen) atoms. The van der Waals surface area contributed by atoms with Gasteiger partial charge in [0.2, 0.25) is 0 Å². The molecular formula is C11H13N3O2. The summed E-state index contributed by atoms with van der Waals surface area (Å²) in [6.07, 6.45) is 1.50. The molecule has 5 heteroatoms. The van der Waals surface area contributed by atoms with Crippen molar-refractivity contribution in [2.45, 2.75) is 19.8 Å². The number of carboxylic acids is 1. The zero-order chi connectivity index (χ0) is 11.9. The third kappa shape index (κ3) is 1.44. The van der Waals surface area contributed by atoms with Crippen molar-refractivity contribution in [3.05, 3.63) is 23.5 Å². The van der Waals surface area contributed by atoms with E-state index in [9.17, 15) is 4.79 Å². The monoisotopic (exact) mass is 219 g/mol. The molecule has 2 aromatic rings. The Hall–Kier alpha value is -1.91. The van der Waals surface area contributed by atoms with E-state index < -0.39 is 5.97 Å². The van der Waals surface area contributed by atoms with E-state index in [4.69, 9.17) is 5.11 Å². The number of aromatic nitrogens is 3. The Morgan fingerprint density at radius 2 is 2.19 bits per heavy atom. The van der Waals surface area contributed by atoms with Crippen molar-refractivity contribution in [2.24, 2.45) is 7.05 Å². The fourth-order valence-corrected chi connectivity index (χ4v) is 1.79. The number of aromatic carboxylic acids is 1. The van der Waals surface area contributed by atoms with Gasteiger partial charge in [-0.3, -0.25) is 4.68 Å². The topological polar surface area (TPSA) is 68.0 Å². The van der Waals surface area contributed by atoms with Crippen molar-refractivity contribution < 1.29 is 9.90 Å².